The van der Waals surface area contributed by atoms with E-state index in [1.807, 2.05) is 30.3 Å². The van der Waals surface area contributed by atoms with Gasteiger partial charge in [-0.15, -0.1) is 0 Å². The minimum atomic E-state index is 0.411. The molecule has 1 aromatic carbocycles. The molecule has 0 radical (unpaired) electrons. The van der Waals surface area contributed by atoms with Crippen molar-refractivity contribution in [2.45, 2.75) is 44.6 Å². The Morgan fingerprint density at radius 1 is 1.06 bits per heavy atom. The Labute approximate surface area is 103 Å². The van der Waals surface area contributed by atoms with Crippen LogP contribution in [0.15, 0.2) is 35.3 Å². The van der Waals surface area contributed by atoms with Gasteiger partial charge < -0.3 is 11.1 Å². The molecule has 0 aromatic heterocycles. The molecular weight excluding hydrogens is 210 g/mol. The number of nitrogens with one attached hydrogen (secondary N) is 1. The highest BCUT2D eigenvalue weighted by atomic mass is 15.1. The summed E-state index contributed by atoms with van der Waals surface area (Å²) in [6.07, 6.45) is 7.62. The summed E-state index contributed by atoms with van der Waals surface area (Å²) in [4.78, 5) is 4.57. The Morgan fingerprint density at radius 2 is 1.71 bits per heavy atom. The van der Waals surface area contributed by atoms with E-state index < -0.39 is 0 Å². The molecule has 1 aromatic rings. The van der Waals surface area contributed by atoms with Gasteiger partial charge >= 0.3 is 0 Å². The van der Waals surface area contributed by atoms with Crippen molar-refractivity contribution in [1.29, 1.82) is 0 Å². The summed E-state index contributed by atoms with van der Waals surface area (Å²) in [5, 5.41) is 3.14. The molecule has 0 atom stereocenters. The van der Waals surface area contributed by atoms with Crippen LogP contribution < -0.4 is 11.1 Å². The number of nitrogens with zero attached hydrogens (tertiary/aromatic N) is 1. The maximum Gasteiger partial charge on any atom is 0.193 e. The summed E-state index contributed by atoms with van der Waals surface area (Å²) in [7, 11) is 0. The smallest absolute Gasteiger partial charge is 0.193 e. The lowest BCUT2D eigenvalue weighted by Crippen LogP contribution is -2.25. The molecule has 0 aliphatic heterocycles. The Morgan fingerprint density at radius 3 is 2.35 bits per heavy atom. The maximum absolute atomic E-state index is 5.93. The van der Waals surface area contributed by atoms with Crippen molar-refractivity contribution >= 4 is 11.6 Å². The number of para-hydroxylation sites is 1. The maximum atomic E-state index is 5.93. The van der Waals surface area contributed by atoms with Gasteiger partial charge in [0.25, 0.3) is 0 Å². The highest BCUT2D eigenvalue weighted by Crippen LogP contribution is 2.19. The summed E-state index contributed by atoms with van der Waals surface area (Å²) < 4.78 is 0. The molecule has 1 saturated carbocycles. The molecule has 3 N–H and O–H groups in total. The second-order valence-electron chi connectivity index (χ2n) is 4.65. The number of benzene rings is 1. The fraction of sp³-hybridized carbons (Fsp3) is 0.500. The number of aliphatic imine (C=N–C) groups is 1. The number of guanidine groups is 1. The third-order valence-electron chi connectivity index (χ3n) is 3.19. The summed E-state index contributed by atoms with van der Waals surface area (Å²) in [5.74, 6) is 0.545. The second-order valence-corrected chi connectivity index (χ2v) is 4.65. The summed E-state index contributed by atoms with van der Waals surface area (Å²) >= 11 is 0. The van der Waals surface area contributed by atoms with E-state index >= 15 is 0 Å². The van der Waals surface area contributed by atoms with E-state index in [1.54, 1.807) is 0 Å². The number of hydrogen-bond acceptors (Lipinski definition) is 1. The molecule has 17 heavy (non-hydrogen) atoms. The van der Waals surface area contributed by atoms with Crippen LogP contribution in [0.3, 0.4) is 0 Å². The Balaban J connectivity index is 1.91. The Bertz CT molecular complexity index is 351. The third kappa shape index (κ3) is 4.10. The first kappa shape index (κ1) is 12.0. The molecule has 0 spiro atoms. The molecule has 0 bridgehead atoms. The van der Waals surface area contributed by atoms with Crippen LogP contribution in [0.1, 0.15) is 38.5 Å². The molecule has 92 valence electrons. The number of nitrogens with two attached hydrogens (primary N) is 1. The van der Waals surface area contributed by atoms with Crippen molar-refractivity contribution in [1.82, 2.24) is 0 Å². The molecular formula is C14H21N3. The van der Waals surface area contributed by atoms with Gasteiger partial charge in [0.15, 0.2) is 5.96 Å². The van der Waals surface area contributed by atoms with Crippen molar-refractivity contribution in [3.63, 3.8) is 0 Å². The predicted octanol–water partition coefficient (Wildman–Crippen LogP) is 3.14. The average Bonchev–Trinajstić information content (AvgIpc) is 2.59. The lowest BCUT2D eigenvalue weighted by atomic mass is 10.1. The van der Waals surface area contributed by atoms with Gasteiger partial charge in [0.1, 0.15) is 0 Å². The zero-order chi connectivity index (χ0) is 11.9. The number of anilines is 1. The molecule has 0 heterocycles. The van der Waals surface area contributed by atoms with Crippen molar-refractivity contribution in [3.05, 3.63) is 30.3 Å². The fourth-order valence-corrected chi connectivity index (χ4v) is 2.29. The van der Waals surface area contributed by atoms with E-state index in [-0.39, 0.29) is 0 Å². The highest BCUT2D eigenvalue weighted by Gasteiger charge is 2.11. The minimum absolute atomic E-state index is 0.411. The predicted molar refractivity (Wildman–Crippen MR) is 73.2 cm³/mol. The molecule has 1 aliphatic rings. The molecule has 2 rings (SSSR count). The van der Waals surface area contributed by atoms with Gasteiger partial charge in [0.2, 0.25) is 0 Å². The lowest BCUT2D eigenvalue weighted by Gasteiger charge is -2.11. The largest absolute Gasteiger partial charge is 0.370 e. The van der Waals surface area contributed by atoms with Crippen LogP contribution in [-0.4, -0.2) is 12.0 Å². The van der Waals surface area contributed by atoms with Crippen LogP contribution in [0.4, 0.5) is 5.69 Å². The summed E-state index contributed by atoms with van der Waals surface area (Å²) in [5.41, 5.74) is 6.93. The van der Waals surface area contributed by atoms with Crippen LogP contribution in [0.2, 0.25) is 0 Å². The lowest BCUT2D eigenvalue weighted by molar-refractivity contribution is 0.585. The van der Waals surface area contributed by atoms with Crippen LogP contribution in [-0.2, 0) is 0 Å². The molecule has 1 aliphatic carbocycles. The molecule has 0 unspecified atom stereocenters. The van der Waals surface area contributed by atoms with Crippen LogP contribution in [0.5, 0.6) is 0 Å². The van der Waals surface area contributed by atoms with Crippen molar-refractivity contribution in [2.24, 2.45) is 10.7 Å². The highest BCUT2D eigenvalue weighted by molar-refractivity contribution is 5.92. The molecule has 3 heteroatoms. The van der Waals surface area contributed by atoms with Gasteiger partial charge in [-0.25, -0.2) is 4.99 Å². The first-order valence-electron chi connectivity index (χ1n) is 6.50. The molecule has 3 nitrogen and oxygen atoms in total. The first-order chi connectivity index (χ1) is 8.34. The average molecular weight is 231 g/mol. The minimum Gasteiger partial charge on any atom is -0.370 e. The van der Waals surface area contributed by atoms with Gasteiger partial charge in [0, 0.05) is 5.69 Å². The molecule has 0 amide bonds. The Hall–Kier alpha value is -1.51. The quantitative estimate of drug-likeness (QED) is 0.467. The van der Waals surface area contributed by atoms with Gasteiger partial charge in [-0.1, -0.05) is 43.9 Å². The zero-order valence-corrected chi connectivity index (χ0v) is 10.2. The van der Waals surface area contributed by atoms with Crippen LogP contribution in [0, 0.1) is 0 Å². The molecule has 0 saturated heterocycles. The van der Waals surface area contributed by atoms with E-state index in [0.29, 0.717) is 12.0 Å². The topological polar surface area (TPSA) is 50.4 Å². The SMILES string of the molecule is NC(=NC1CCCCCC1)Nc1ccccc1. The molecule has 1 fully saturated rings. The third-order valence-corrected chi connectivity index (χ3v) is 3.19. The van der Waals surface area contributed by atoms with Gasteiger partial charge in [-0.2, -0.15) is 0 Å². The number of rotatable bonds is 2. The zero-order valence-electron chi connectivity index (χ0n) is 10.2. The van der Waals surface area contributed by atoms with Gasteiger partial charge in [-0.3, -0.25) is 0 Å². The monoisotopic (exact) mass is 231 g/mol. The summed E-state index contributed by atoms with van der Waals surface area (Å²) in [6, 6.07) is 10.4. The van der Waals surface area contributed by atoms with E-state index in [9.17, 15) is 0 Å². The van der Waals surface area contributed by atoms with E-state index in [4.69, 9.17) is 5.73 Å². The summed E-state index contributed by atoms with van der Waals surface area (Å²) in [6.45, 7) is 0. The van der Waals surface area contributed by atoms with Gasteiger partial charge in [0.05, 0.1) is 6.04 Å². The second kappa shape index (κ2) is 6.28. The van der Waals surface area contributed by atoms with E-state index in [0.717, 1.165) is 5.69 Å². The van der Waals surface area contributed by atoms with E-state index in [2.05, 4.69) is 10.3 Å². The van der Waals surface area contributed by atoms with Crippen molar-refractivity contribution < 1.29 is 0 Å². The van der Waals surface area contributed by atoms with E-state index in [1.165, 1.54) is 38.5 Å². The fourth-order valence-electron chi connectivity index (χ4n) is 2.29. The van der Waals surface area contributed by atoms with Gasteiger partial charge in [-0.05, 0) is 25.0 Å². The van der Waals surface area contributed by atoms with Crippen molar-refractivity contribution in [2.75, 3.05) is 5.32 Å². The van der Waals surface area contributed by atoms with Crippen LogP contribution in [0.25, 0.3) is 0 Å². The van der Waals surface area contributed by atoms with Crippen molar-refractivity contribution in [3.8, 4) is 0 Å². The normalized spacial score (nSPS) is 18.7. The van der Waals surface area contributed by atoms with Crippen LogP contribution >= 0.6 is 0 Å². The number of hydrogen-bond donors (Lipinski definition) is 2. The Kier molecular flexibility index (Phi) is 4.42. The first-order valence-corrected chi connectivity index (χ1v) is 6.50. The standard InChI is InChI=1S/C14H21N3/c15-14(17-13-10-6-3-7-11-13)16-12-8-4-1-2-5-9-12/h3,6-7,10-12H,1-2,4-5,8-9H2,(H3,15,16,17).